The maximum absolute atomic E-state index is 13.8. The van der Waals surface area contributed by atoms with Crippen molar-refractivity contribution in [3.8, 4) is 0 Å². The molecular formula is C22H21F2N3O6. The van der Waals surface area contributed by atoms with Gasteiger partial charge >= 0.3 is 5.97 Å². The Bertz CT molecular complexity index is 1100. The summed E-state index contributed by atoms with van der Waals surface area (Å²) in [5, 5.41) is 13.5. The summed E-state index contributed by atoms with van der Waals surface area (Å²) in [6.07, 6.45) is 0.497. The number of benzene rings is 2. The van der Waals surface area contributed by atoms with E-state index in [-0.39, 0.29) is 42.9 Å². The summed E-state index contributed by atoms with van der Waals surface area (Å²) < 4.78 is 31.9. The Kier molecular flexibility index (Phi) is 7.31. The van der Waals surface area contributed by atoms with Gasteiger partial charge in [0.1, 0.15) is 17.3 Å². The number of nitrogens with one attached hydrogen (secondary N) is 1. The van der Waals surface area contributed by atoms with Gasteiger partial charge in [0.2, 0.25) is 0 Å². The van der Waals surface area contributed by atoms with Gasteiger partial charge in [-0.15, -0.1) is 0 Å². The molecule has 0 aliphatic carbocycles. The third-order valence-corrected chi connectivity index (χ3v) is 5.25. The van der Waals surface area contributed by atoms with Crippen molar-refractivity contribution in [3.05, 3.63) is 69.3 Å². The second-order valence-electron chi connectivity index (χ2n) is 7.62. The van der Waals surface area contributed by atoms with Crippen LogP contribution in [0.4, 0.5) is 20.2 Å². The number of nitrogens with zero attached hydrogens (tertiary/aromatic N) is 2. The highest BCUT2D eigenvalue weighted by atomic mass is 19.1. The minimum absolute atomic E-state index is 0.00787. The number of likely N-dealkylation sites (tertiary alicyclic amines) is 1. The molecule has 174 valence electrons. The van der Waals surface area contributed by atoms with Crippen LogP contribution in [-0.4, -0.2) is 47.3 Å². The van der Waals surface area contributed by atoms with Crippen LogP contribution in [-0.2, 0) is 14.3 Å². The first-order valence-corrected chi connectivity index (χ1v) is 10.1. The Morgan fingerprint density at radius 2 is 1.85 bits per heavy atom. The molecule has 0 atom stereocenters. The van der Waals surface area contributed by atoms with Crippen molar-refractivity contribution in [1.82, 2.24) is 4.90 Å². The first kappa shape index (κ1) is 23.8. The summed E-state index contributed by atoms with van der Waals surface area (Å²) >= 11 is 0. The van der Waals surface area contributed by atoms with Crippen molar-refractivity contribution in [2.45, 2.75) is 19.8 Å². The normalized spacial score (nSPS) is 14.0. The molecule has 0 unspecified atom stereocenters. The van der Waals surface area contributed by atoms with E-state index in [4.69, 9.17) is 4.74 Å². The van der Waals surface area contributed by atoms with Crippen LogP contribution >= 0.6 is 0 Å². The molecule has 1 aliphatic heterocycles. The van der Waals surface area contributed by atoms with E-state index in [1.54, 1.807) is 13.0 Å². The lowest BCUT2D eigenvalue weighted by Crippen LogP contribution is -2.41. The number of halogens is 2. The summed E-state index contributed by atoms with van der Waals surface area (Å²) in [5.41, 5.74) is 0.119. The zero-order valence-corrected chi connectivity index (χ0v) is 17.7. The number of nitro groups is 1. The number of esters is 1. The topological polar surface area (TPSA) is 119 Å². The fraction of sp³-hybridized carbons (Fsp3) is 0.318. The molecule has 0 aromatic heterocycles. The fourth-order valence-corrected chi connectivity index (χ4v) is 3.49. The summed E-state index contributed by atoms with van der Waals surface area (Å²) in [5.74, 6) is -4.27. The number of amides is 2. The number of hydrogen-bond donors (Lipinski definition) is 1. The second-order valence-corrected chi connectivity index (χ2v) is 7.62. The number of carbonyl (C=O) groups excluding carboxylic acids is 3. The first-order valence-electron chi connectivity index (χ1n) is 10.1. The van der Waals surface area contributed by atoms with Crippen molar-refractivity contribution in [1.29, 1.82) is 0 Å². The molecule has 33 heavy (non-hydrogen) atoms. The number of piperidine rings is 1. The Hall–Kier alpha value is -3.89. The average Bonchev–Trinajstić information content (AvgIpc) is 2.78. The van der Waals surface area contributed by atoms with Crippen LogP contribution in [0.25, 0.3) is 0 Å². The Morgan fingerprint density at radius 1 is 1.15 bits per heavy atom. The second kappa shape index (κ2) is 10.2. The van der Waals surface area contributed by atoms with E-state index >= 15 is 0 Å². The highest BCUT2D eigenvalue weighted by molar-refractivity contribution is 5.95. The van der Waals surface area contributed by atoms with E-state index < -0.39 is 46.9 Å². The van der Waals surface area contributed by atoms with Crippen molar-refractivity contribution in [2.75, 3.05) is 25.0 Å². The smallest absolute Gasteiger partial charge is 0.309 e. The van der Waals surface area contributed by atoms with Crippen LogP contribution in [0, 0.1) is 34.6 Å². The largest absolute Gasteiger partial charge is 0.455 e. The Labute approximate surface area is 187 Å². The predicted molar refractivity (Wildman–Crippen MR) is 112 cm³/mol. The molecule has 2 amide bonds. The molecule has 2 aromatic rings. The molecule has 1 saturated heterocycles. The fourth-order valence-electron chi connectivity index (χ4n) is 3.49. The molecular weight excluding hydrogens is 440 g/mol. The van der Waals surface area contributed by atoms with E-state index in [0.717, 1.165) is 12.1 Å². The van der Waals surface area contributed by atoms with Gasteiger partial charge in [-0.2, -0.15) is 0 Å². The molecule has 1 aliphatic rings. The van der Waals surface area contributed by atoms with Crippen LogP contribution in [0.3, 0.4) is 0 Å². The van der Waals surface area contributed by atoms with E-state index in [9.17, 15) is 33.3 Å². The van der Waals surface area contributed by atoms with Gasteiger partial charge in [0, 0.05) is 25.2 Å². The van der Waals surface area contributed by atoms with Crippen LogP contribution in [0.2, 0.25) is 0 Å². The summed E-state index contributed by atoms with van der Waals surface area (Å²) in [6.45, 7) is 1.38. The van der Waals surface area contributed by atoms with E-state index in [2.05, 4.69) is 5.32 Å². The number of ether oxygens (including phenoxy) is 1. The minimum Gasteiger partial charge on any atom is -0.455 e. The molecule has 0 bridgehead atoms. The standard InChI is InChI=1S/C22H21F2N3O6/c1-13-2-5-18(19(10-13)27(31)32)25-20(28)12-33-22(30)14-6-8-26(9-7-14)21(29)16-4-3-15(23)11-17(16)24/h2-5,10-11,14H,6-9,12H2,1H3,(H,25,28). The molecule has 9 nitrogen and oxygen atoms in total. The van der Waals surface area contributed by atoms with Gasteiger partial charge in [0.15, 0.2) is 6.61 Å². The zero-order valence-electron chi connectivity index (χ0n) is 17.7. The van der Waals surface area contributed by atoms with Crippen molar-refractivity contribution < 1.29 is 32.8 Å². The third kappa shape index (κ3) is 5.88. The van der Waals surface area contributed by atoms with Gasteiger partial charge in [0.05, 0.1) is 16.4 Å². The Balaban J connectivity index is 1.49. The molecule has 11 heteroatoms. The van der Waals surface area contributed by atoms with E-state index in [1.165, 1.54) is 17.0 Å². The molecule has 3 rings (SSSR count). The minimum atomic E-state index is -0.957. The number of aryl methyl sites for hydroxylation is 1. The SMILES string of the molecule is Cc1ccc(NC(=O)COC(=O)C2CCN(C(=O)c3ccc(F)cc3F)CC2)c([N+](=O)[O-])c1. The number of rotatable bonds is 6. The molecule has 2 aromatic carbocycles. The highest BCUT2D eigenvalue weighted by Crippen LogP contribution is 2.25. The Morgan fingerprint density at radius 3 is 2.48 bits per heavy atom. The summed E-state index contributed by atoms with van der Waals surface area (Å²) in [4.78, 5) is 48.7. The number of nitro benzene ring substituents is 1. The van der Waals surface area contributed by atoms with Crippen molar-refractivity contribution in [3.63, 3.8) is 0 Å². The third-order valence-electron chi connectivity index (χ3n) is 5.25. The van der Waals surface area contributed by atoms with Gasteiger partial charge in [-0.3, -0.25) is 24.5 Å². The molecule has 0 saturated carbocycles. The highest BCUT2D eigenvalue weighted by Gasteiger charge is 2.30. The zero-order chi connectivity index (χ0) is 24.1. The van der Waals surface area contributed by atoms with Crippen LogP contribution in [0.5, 0.6) is 0 Å². The van der Waals surface area contributed by atoms with Crippen LogP contribution < -0.4 is 5.32 Å². The maximum Gasteiger partial charge on any atom is 0.309 e. The summed E-state index contributed by atoms with van der Waals surface area (Å²) in [6, 6.07) is 7.01. The lowest BCUT2D eigenvalue weighted by molar-refractivity contribution is -0.384. The quantitative estimate of drug-likeness (QED) is 0.401. The lowest BCUT2D eigenvalue weighted by atomic mass is 9.96. The van der Waals surface area contributed by atoms with Gasteiger partial charge in [-0.1, -0.05) is 6.07 Å². The summed E-state index contributed by atoms with van der Waals surface area (Å²) in [7, 11) is 0. The number of anilines is 1. The lowest BCUT2D eigenvalue weighted by Gasteiger charge is -2.31. The van der Waals surface area contributed by atoms with Crippen LogP contribution in [0.15, 0.2) is 36.4 Å². The average molecular weight is 461 g/mol. The molecule has 0 radical (unpaired) electrons. The molecule has 1 heterocycles. The van der Waals surface area contributed by atoms with E-state index in [1.807, 2.05) is 0 Å². The van der Waals surface area contributed by atoms with Crippen molar-refractivity contribution >= 4 is 29.2 Å². The first-order chi connectivity index (χ1) is 15.7. The van der Waals surface area contributed by atoms with Crippen molar-refractivity contribution in [2.24, 2.45) is 5.92 Å². The molecule has 1 fully saturated rings. The number of carbonyl (C=O) groups is 3. The van der Waals surface area contributed by atoms with E-state index in [0.29, 0.717) is 11.6 Å². The monoisotopic (exact) mass is 461 g/mol. The van der Waals surface area contributed by atoms with Gasteiger partial charge in [0.25, 0.3) is 17.5 Å². The molecule has 0 spiro atoms. The maximum atomic E-state index is 13.8. The predicted octanol–water partition coefficient (Wildman–Crippen LogP) is 3.22. The van der Waals surface area contributed by atoms with Gasteiger partial charge < -0.3 is 15.0 Å². The van der Waals surface area contributed by atoms with Gasteiger partial charge in [-0.05, 0) is 43.5 Å². The molecule has 1 N–H and O–H groups in total. The van der Waals surface area contributed by atoms with Gasteiger partial charge in [-0.25, -0.2) is 8.78 Å². The number of hydrogen-bond acceptors (Lipinski definition) is 6. The van der Waals surface area contributed by atoms with Crippen LogP contribution in [0.1, 0.15) is 28.8 Å².